The van der Waals surface area contributed by atoms with Crippen LogP contribution in [0.15, 0.2) is 0 Å². The number of rotatable bonds is 0. The summed E-state index contributed by atoms with van der Waals surface area (Å²) in [5.74, 6) is 0. The standard InChI is InChI=1S/C3H7ClNOP/c1-5-2-3-6-7(5)4/h2-3H2,1H3. The Labute approximate surface area is 49.1 Å². The van der Waals surface area contributed by atoms with Crippen molar-refractivity contribution >= 4 is 18.9 Å². The van der Waals surface area contributed by atoms with E-state index in [2.05, 4.69) is 0 Å². The largest absolute Gasteiger partial charge is 0.330 e. The maximum Gasteiger partial charge on any atom is 0.206 e. The van der Waals surface area contributed by atoms with E-state index in [1.807, 2.05) is 11.7 Å². The Morgan fingerprint density at radius 3 is 2.71 bits per heavy atom. The molecule has 0 radical (unpaired) electrons. The molecule has 1 aliphatic rings. The topological polar surface area (TPSA) is 12.5 Å². The molecule has 0 amide bonds. The molecule has 1 heterocycles. The predicted molar refractivity (Wildman–Crippen MR) is 31.4 cm³/mol. The highest BCUT2D eigenvalue weighted by atomic mass is 35.7. The van der Waals surface area contributed by atoms with Crippen molar-refractivity contribution in [1.82, 2.24) is 4.67 Å². The van der Waals surface area contributed by atoms with E-state index >= 15 is 0 Å². The number of hydrogen-bond acceptors (Lipinski definition) is 2. The molecule has 0 aromatic heterocycles. The Hall–Kier alpha value is 0.640. The second kappa shape index (κ2) is 2.27. The maximum absolute atomic E-state index is 5.63. The molecule has 0 N–H and O–H groups in total. The van der Waals surface area contributed by atoms with Crippen LogP contribution in [0, 0.1) is 0 Å². The molecule has 1 atom stereocenters. The molecule has 0 aromatic rings. The first-order chi connectivity index (χ1) is 3.30. The minimum absolute atomic E-state index is 0.721. The summed E-state index contributed by atoms with van der Waals surface area (Å²) in [7, 11) is 1.24. The summed E-state index contributed by atoms with van der Waals surface area (Å²) >= 11 is 5.63. The molecular formula is C3H7ClNOP. The number of hydrogen-bond donors (Lipinski definition) is 0. The van der Waals surface area contributed by atoms with Gasteiger partial charge in [0.25, 0.3) is 0 Å². The zero-order valence-electron chi connectivity index (χ0n) is 4.09. The van der Waals surface area contributed by atoms with E-state index in [4.69, 9.17) is 15.8 Å². The van der Waals surface area contributed by atoms with Crippen molar-refractivity contribution in [3.8, 4) is 0 Å². The van der Waals surface area contributed by atoms with Gasteiger partial charge in [-0.3, -0.25) is 0 Å². The normalized spacial score (nSPS) is 34.3. The SMILES string of the molecule is CN1CCOP1Cl. The second-order valence-electron chi connectivity index (χ2n) is 1.44. The van der Waals surface area contributed by atoms with Gasteiger partial charge < -0.3 is 4.52 Å². The van der Waals surface area contributed by atoms with Crippen molar-refractivity contribution in [3.05, 3.63) is 0 Å². The summed E-state index contributed by atoms with van der Waals surface area (Å²) in [4.78, 5) is 0. The Kier molecular flexibility index (Phi) is 1.87. The second-order valence-corrected chi connectivity index (χ2v) is 3.70. The lowest BCUT2D eigenvalue weighted by Gasteiger charge is -2.06. The van der Waals surface area contributed by atoms with Crippen molar-refractivity contribution in [2.75, 3.05) is 20.2 Å². The van der Waals surface area contributed by atoms with Crippen molar-refractivity contribution in [1.29, 1.82) is 0 Å². The first-order valence-electron chi connectivity index (χ1n) is 2.10. The van der Waals surface area contributed by atoms with Gasteiger partial charge in [0.1, 0.15) is 0 Å². The molecule has 0 aromatic carbocycles. The number of halogens is 1. The minimum atomic E-state index is -0.721. The summed E-state index contributed by atoms with van der Waals surface area (Å²) < 4.78 is 7.03. The molecule has 42 valence electrons. The van der Waals surface area contributed by atoms with Gasteiger partial charge in [0.05, 0.1) is 6.61 Å². The van der Waals surface area contributed by atoms with Crippen molar-refractivity contribution in [2.45, 2.75) is 0 Å². The Balaban J connectivity index is 2.33. The van der Waals surface area contributed by atoms with E-state index in [0.717, 1.165) is 13.2 Å². The molecule has 1 rings (SSSR count). The zero-order valence-corrected chi connectivity index (χ0v) is 5.75. The van der Waals surface area contributed by atoms with Gasteiger partial charge in [-0.25, -0.2) is 4.67 Å². The van der Waals surface area contributed by atoms with Crippen molar-refractivity contribution < 1.29 is 4.52 Å². The molecule has 7 heavy (non-hydrogen) atoms. The van der Waals surface area contributed by atoms with E-state index < -0.39 is 7.65 Å². The van der Waals surface area contributed by atoms with Crippen LogP contribution < -0.4 is 0 Å². The Bertz CT molecular complexity index is 64.0. The van der Waals surface area contributed by atoms with Crippen LogP contribution in [0.4, 0.5) is 0 Å². The first kappa shape index (κ1) is 5.77. The van der Waals surface area contributed by atoms with Gasteiger partial charge in [-0.1, -0.05) is 0 Å². The molecule has 1 saturated heterocycles. The third-order valence-electron chi connectivity index (χ3n) is 0.881. The van der Waals surface area contributed by atoms with Crippen LogP contribution in [0.2, 0.25) is 0 Å². The average molecular weight is 140 g/mol. The molecule has 2 nitrogen and oxygen atoms in total. The smallest absolute Gasteiger partial charge is 0.206 e. The highest BCUT2D eigenvalue weighted by Crippen LogP contribution is 2.48. The van der Waals surface area contributed by atoms with Gasteiger partial charge in [-0.15, -0.1) is 0 Å². The fourth-order valence-corrected chi connectivity index (χ4v) is 1.53. The van der Waals surface area contributed by atoms with E-state index in [-0.39, 0.29) is 0 Å². The molecule has 1 fully saturated rings. The third-order valence-corrected chi connectivity index (χ3v) is 3.08. The summed E-state index contributed by atoms with van der Waals surface area (Å²) in [6.45, 7) is 1.78. The summed E-state index contributed by atoms with van der Waals surface area (Å²) in [5.41, 5.74) is 0. The van der Waals surface area contributed by atoms with Gasteiger partial charge in [0.15, 0.2) is 0 Å². The van der Waals surface area contributed by atoms with E-state index in [0.29, 0.717) is 0 Å². The van der Waals surface area contributed by atoms with Gasteiger partial charge in [-0.2, -0.15) is 0 Å². The molecule has 0 aliphatic carbocycles. The third kappa shape index (κ3) is 1.26. The molecular weight excluding hydrogens is 132 g/mol. The Morgan fingerprint density at radius 2 is 2.57 bits per heavy atom. The van der Waals surface area contributed by atoms with Crippen LogP contribution in [0.1, 0.15) is 0 Å². The lowest BCUT2D eigenvalue weighted by Crippen LogP contribution is -2.04. The molecule has 1 aliphatic heterocycles. The fraction of sp³-hybridized carbons (Fsp3) is 1.00. The predicted octanol–water partition coefficient (Wildman–Crippen LogP) is 1.41. The fourth-order valence-electron chi connectivity index (χ4n) is 0.425. The van der Waals surface area contributed by atoms with Crippen LogP contribution in [-0.2, 0) is 4.52 Å². The monoisotopic (exact) mass is 139 g/mol. The van der Waals surface area contributed by atoms with Gasteiger partial charge >= 0.3 is 0 Å². The highest BCUT2D eigenvalue weighted by molar-refractivity contribution is 7.78. The molecule has 0 saturated carbocycles. The molecule has 4 heteroatoms. The number of likely N-dealkylation sites (N-methyl/N-ethyl adjacent to an activating group) is 1. The maximum atomic E-state index is 5.63. The average Bonchev–Trinajstić information content (AvgIpc) is 1.91. The Morgan fingerprint density at radius 1 is 1.86 bits per heavy atom. The lowest BCUT2D eigenvalue weighted by molar-refractivity contribution is 0.398. The van der Waals surface area contributed by atoms with Crippen LogP contribution in [0.5, 0.6) is 0 Å². The molecule has 0 bridgehead atoms. The van der Waals surface area contributed by atoms with Crippen molar-refractivity contribution in [3.63, 3.8) is 0 Å². The van der Waals surface area contributed by atoms with E-state index in [1.54, 1.807) is 0 Å². The molecule has 0 spiro atoms. The first-order valence-corrected chi connectivity index (χ1v) is 4.22. The summed E-state index contributed by atoms with van der Waals surface area (Å²) in [6, 6.07) is 0. The highest BCUT2D eigenvalue weighted by Gasteiger charge is 2.18. The summed E-state index contributed by atoms with van der Waals surface area (Å²) in [5, 5.41) is 0. The molecule has 1 unspecified atom stereocenters. The van der Waals surface area contributed by atoms with Crippen LogP contribution in [0.3, 0.4) is 0 Å². The van der Waals surface area contributed by atoms with Gasteiger partial charge in [0, 0.05) is 6.54 Å². The van der Waals surface area contributed by atoms with Crippen LogP contribution in [0.25, 0.3) is 0 Å². The zero-order chi connectivity index (χ0) is 5.28. The van der Waals surface area contributed by atoms with Gasteiger partial charge in [-0.05, 0) is 18.3 Å². The minimum Gasteiger partial charge on any atom is -0.330 e. The van der Waals surface area contributed by atoms with E-state index in [1.165, 1.54) is 0 Å². The lowest BCUT2D eigenvalue weighted by atomic mass is 10.7. The van der Waals surface area contributed by atoms with Gasteiger partial charge in [0.2, 0.25) is 7.65 Å². The van der Waals surface area contributed by atoms with Crippen LogP contribution in [-0.4, -0.2) is 24.9 Å². The van der Waals surface area contributed by atoms with E-state index in [9.17, 15) is 0 Å². The van der Waals surface area contributed by atoms with Crippen molar-refractivity contribution in [2.24, 2.45) is 0 Å². The quantitative estimate of drug-likeness (QED) is 0.471. The summed E-state index contributed by atoms with van der Waals surface area (Å²) in [6.07, 6.45) is 0. The number of nitrogens with zero attached hydrogens (tertiary/aromatic N) is 1. The van der Waals surface area contributed by atoms with Crippen LogP contribution >= 0.6 is 18.9 Å².